The van der Waals surface area contributed by atoms with E-state index in [9.17, 15) is 14.9 Å². The van der Waals surface area contributed by atoms with Crippen LogP contribution < -0.4 is 10.5 Å². The number of nitro groups is 1. The van der Waals surface area contributed by atoms with E-state index in [1.807, 2.05) is 35.2 Å². The van der Waals surface area contributed by atoms with Crippen molar-refractivity contribution in [2.45, 2.75) is 0 Å². The molecule has 1 aliphatic heterocycles. The van der Waals surface area contributed by atoms with Crippen molar-refractivity contribution in [3.05, 3.63) is 87.5 Å². The highest BCUT2D eigenvalue weighted by Crippen LogP contribution is 2.24. The minimum atomic E-state index is -0.456. The third-order valence-corrected chi connectivity index (χ3v) is 5.38. The molecular formula is C22H19N7O4. The van der Waals surface area contributed by atoms with Gasteiger partial charge in [-0.1, -0.05) is 23.4 Å². The van der Waals surface area contributed by atoms with Crippen molar-refractivity contribution in [2.75, 3.05) is 31.2 Å². The van der Waals surface area contributed by atoms with Crippen LogP contribution in [0.1, 0.15) is 0 Å². The maximum atomic E-state index is 13.5. The first-order valence-electron chi connectivity index (χ1n) is 10.3. The number of aromatic nitrogens is 5. The Hall–Kier alpha value is -4.38. The molecule has 11 heteroatoms. The van der Waals surface area contributed by atoms with Crippen LogP contribution in [-0.2, 0) is 4.74 Å². The molecular weight excluding hydrogens is 426 g/mol. The van der Waals surface area contributed by atoms with Gasteiger partial charge >= 0.3 is 0 Å². The summed E-state index contributed by atoms with van der Waals surface area (Å²) in [5.41, 5.74) is 2.53. The fourth-order valence-electron chi connectivity index (χ4n) is 3.71. The summed E-state index contributed by atoms with van der Waals surface area (Å²) in [5, 5.41) is 23.7. The number of hydrogen-bond acceptors (Lipinski definition) is 8. The zero-order valence-electron chi connectivity index (χ0n) is 17.4. The van der Waals surface area contributed by atoms with Gasteiger partial charge in [0.05, 0.1) is 36.2 Å². The molecule has 3 heterocycles. The number of non-ortho nitro benzene ring substituents is 1. The van der Waals surface area contributed by atoms with E-state index in [1.54, 1.807) is 24.5 Å². The van der Waals surface area contributed by atoms with Gasteiger partial charge < -0.3 is 9.64 Å². The molecule has 0 aliphatic carbocycles. The zero-order valence-corrected chi connectivity index (χ0v) is 17.4. The average Bonchev–Trinajstić information content (AvgIpc) is 3.35. The quantitative estimate of drug-likeness (QED) is 0.339. The molecule has 33 heavy (non-hydrogen) atoms. The standard InChI is InChI=1S/C22H19N7O4/c30-22-21(26-10-12-33-13-11-26)20(14-23-28(22)17-4-2-1-3-5-17)27-15-19(24-25-27)16-6-8-18(9-7-16)29(31)32/h1-9,14-15H,10-13H2. The second-order valence-electron chi connectivity index (χ2n) is 7.38. The van der Waals surface area contributed by atoms with E-state index >= 15 is 0 Å². The van der Waals surface area contributed by atoms with Crippen LogP contribution in [0.4, 0.5) is 11.4 Å². The van der Waals surface area contributed by atoms with Crippen LogP contribution >= 0.6 is 0 Å². The molecule has 166 valence electrons. The largest absolute Gasteiger partial charge is 0.378 e. The van der Waals surface area contributed by atoms with Crippen molar-refractivity contribution in [3.8, 4) is 22.6 Å². The summed E-state index contributed by atoms with van der Waals surface area (Å²) in [6.07, 6.45) is 3.27. The molecule has 0 N–H and O–H groups in total. The van der Waals surface area contributed by atoms with E-state index in [1.165, 1.54) is 21.5 Å². The number of benzene rings is 2. The van der Waals surface area contributed by atoms with E-state index in [4.69, 9.17) is 4.74 Å². The van der Waals surface area contributed by atoms with Crippen LogP contribution in [0, 0.1) is 10.1 Å². The van der Waals surface area contributed by atoms with Gasteiger partial charge in [-0.05, 0) is 24.3 Å². The molecule has 11 nitrogen and oxygen atoms in total. The number of morpholine rings is 1. The van der Waals surface area contributed by atoms with Crippen molar-refractivity contribution < 1.29 is 9.66 Å². The van der Waals surface area contributed by atoms with Gasteiger partial charge in [0.15, 0.2) is 0 Å². The molecule has 0 bridgehead atoms. The molecule has 1 aliphatic rings. The van der Waals surface area contributed by atoms with Crippen LogP contribution in [0.3, 0.4) is 0 Å². The SMILES string of the molecule is O=c1c(N2CCOCC2)c(-n2cc(-c3ccc([N+](=O)[O-])cc3)nn2)cnn1-c1ccccc1. The Morgan fingerprint density at radius 2 is 1.73 bits per heavy atom. The van der Waals surface area contributed by atoms with Gasteiger partial charge in [-0.3, -0.25) is 14.9 Å². The van der Waals surface area contributed by atoms with E-state index in [-0.39, 0.29) is 11.2 Å². The summed E-state index contributed by atoms with van der Waals surface area (Å²) in [6.45, 7) is 2.14. The fourth-order valence-corrected chi connectivity index (χ4v) is 3.71. The van der Waals surface area contributed by atoms with Crippen LogP contribution in [0.25, 0.3) is 22.6 Å². The molecule has 0 spiro atoms. The zero-order chi connectivity index (χ0) is 22.8. The summed E-state index contributed by atoms with van der Waals surface area (Å²) in [7, 11) is 0. The van der Waals surface area contributed by atoms with Gasteiger partial charge in [0.25, 0.3) is 11.2 Å². The number of nitro benzene ring substituents is 1. The smallest absolute Gasteiger partial charge is 0.297 e. The van der Waals surface area contributed by atoms with Crippen LogP contribution in [0.2, 0.25) is 0 Å². The van der Waals surface area contributed by atoms with Crippen LogP contribution in [-0.4, -0.2) is 56.0 Å². The maximum absolute atomic E-state index is 13.5. The Kier molecular flexibility index (Phi) is 5.37. The highest BCUT2D eigenvalue weighted by Gasteiger charge is 2.23. The monoisotopic (exact) mass is 445 g/mol. The second kappa shape index (κ2) is 8.63. The minimum absolute atomic E-state index is 0.00512. The summed E-state index contributed by atoms with van der Waals surface area (Å²) >= 11 is 0. The summed E-state index contributed by atoms with van der Waals surface area (Å²) in [4.78, 5) is 26.0. The molecule has 1 saturated heterocycles. The number of ether oxygens (including phenoxy) is 1. The molecule has 2 aromatic heterocycles. The molecule has 0 amide bonds. The molecule has 2 aromatic carbocycles. The number of para-hydroxylation sites is 1. The van der Waals surface area contributed by atoms with E-state index in [0.29, 0.717) is 54.6 Å². The lowest BCUT2D eigenvalue weighted by molar-refractivity contribution is -0.384. The third kappa shape index (κ3) is 3.96. The Bertz CT molecular complexity index is 1340. The van der Waals surface area contributed by atoms with Gasteiger partial charge in [0.1, 0.15) is 17.1 Å². The van der Waals surface area contributed by atoms with Gasteiger partial charge in [-0.15, -0.1) is 5.10 Å². The van der Waals surface area contributed by atoms with Crippen LogP contribution in [0.5, 0.6) is 0 Å². The summed E-state index contributed by atoms with van der Waals surface area (Å²) in [6, 6.07) is 15.3. The lowest BCUT2D eigenvalue weighted by Gasteiger charge is -2.29. The second-order valence-corrected chi connectivity index (χ2v) is 7.38. The van der Waals surface area contributed by atoms with Crippen LogP contribution in [0.15, 0.2) is 71.8 Å². The normalized spacial score (nSPS) is 13.8. The third-order valence-electron chi connectivity index (χ3n) is 5.38. The Morgan fingerprint density at radius 3 is 2.42 bits per heavy atom. The van der Waals surface area contributed by atoms with Crippen molar-refractivity contribution in [2.24, 2.45) is 0 Å². The van der Waals surface area contributed by atoms with Gasteiger partial charge in [-0.25, -0.2) is 4.68 Å². The Morgan fingerprint density at radius 1 is 1.00 bits per heavy atom. The Labute approximate surface area is 187 Å². The Balaban J connectivity index is 1.58. The van der Waals surface area contributed by atoms with Crippen molar-refractivity contribution in [1.29, 1.82) is 0 Å². The number of nitrogens with zero attached hydrogens (tertiary/aromatic N) is 7. The van der Waals surface area contributed by atoms with Crippen molar-refractivity contribution in [1.82, 2.24) is 24.8 Å². The van der Waals surface area contributed by atoms with Gasteiger partial charge in [0, 0.05) is 30.8 Å². The molecule has 0 atom stereocenters. The molecule has 5 rings (SSSR count). The number of anilines is 1. The molecule has 0 saturated carbocycles. The fraction of sp³-hybridized carbons (Fsp3) is 0.182. The molecule has 0 unspecified atom stereocenters. The molecule has 4 aromatic rings. The highest BCUT2D eigenvalue weighted by molar-refractivity contribution is 5.64. The summed E-state index contributed by atoms with van der Waals surface area (Å²) in [5.74, 6) is 0. The van der Waals surface area contributed by atoms with Crippen molar-refractivity contribution >= 4 is 11.4 Å². The van der Waals surface area contributed by atoms with E-state index in [0.717, 1.165) is 0 Å². The minimum Gasteiger partial charge on any atom is -0.378 e. The van der Waals surface area contributed by atoms with Gasteiger partial charge in [0.2, 0.25) is 0 Å². The first kappa shape index (κ1) is 20.5. The van der Waals surface area contributed by atoms with Gasteiger partial charge in [-0.2, -0.15) is 9.78 Å². The lowest BCUT2D eigenvalue weighted by Crippen LogP contribution is -2.41. The predicted molar refractivity (Wildman–Crippen MR) is 120 cm³/mol. The number of rotatable bonds is 5. The van der Waals surface area contributed by atoms with E-state index in [2.05, 4.69) is 15.4 Å². The maximum Gasteiger partial charge on any atom is 0.297 e. The number of hydrogen-bond donors (Lipinski definition) is 0. The highest BCUT2D eigenvalue weighted by atomic mass is 16.6. The predicted octanol–water partition coefficient (Wildman–Crippen LogP) is 2.22. The van der Waals surface area contributed by atoms with E-state index < -0.39 is 4.92 Å². The topological polar surface area (TPSA) is 121 Å². The first-order chi connectivity index (χ1) is 16.1. The first-order valence-corrected chi connectivity index (χ1v) is 10.3. The lowest BCUT2D eigenvalue weighted by atomic mass is 10.1. The van der Waals surface area contributed by atoms with Crippen molar-refractivity contribution in [3.63, 3.8) is 0 Å². The average molecular weight is 445 g/mol. The molecule has 0 radical (unpaired) electrons. The molecule has 1 fully saturated rings. The summed E-state index contributed by atoms with van der Waals surface area (Å²) < 4.78 is 8.33.